The van der Waals surface area contributed by atoms with Gasteiger partial charge in [-0.15, -0.1) is 0 Å². The number of aromatic nitrogens is 2. The summed E-state index contributed by atoms with van der Waals surface area (Å²) < 4.78 is 18.9. The molecule has 0 radical (unpaired) electrons. The minimum atomic E-state index is -0.466. The van der Waals surface area contributed by atoms with Crippen LogP contribution in [0.1, 0.15) is 42.9 Å². The highest BCUT2D eigenvalue weighted by molar-refractivity contribution is 6.03. The molecule has 1 N–H and O–H groups in total. The predicted molar refractivity (Wildman–Crippen MR) is 138 cm³/mol. The van der Waals surface area contributed by atoms with Crippen LogP contribution in [0, 0.1) is 0 Å². The van der Waals surface area contributed by atoms with Crippen molar-refractivity contribution in [3.8, 4) is 17.2 Å². The van der Waals surface area contributed by atoms with Gasteiger partial charge >= 0.3 is 0 Å². The van der Waals surface area contributed by atoms with Gasteiger partial charge in [0.25, 0.3) is 0 Å². The van der Waals surface area contributed by atoms with Gasteiger partial charge in [-0.1, -0.05) is 18.2 Å². The number of nitrogens with one attached hydrogen (secondary N) is 1. The van der Waals surface area contributed by atoms with Crippen LogP contribution in [0.25, 0.3) is 17.0 Å². The second kappa shape index (κ2) is 9.85. The Balaban J connectivity index is 1.10. The number of carbonyl (C=O) groups excluding carboxylic acids is 3. The van der Waals surface area contributed by atoms with Crippen molar-refractivity contribution >= 4 is 34.7 Å². The second-order valence-corrected chi connectivity index (χ2v) is 9.75. The minimum Gasteiger partial charge on any atom is -0.488 e. The van der Waals surface area contributed by atoms with E-state index in [9.17, 15) is 14.4 Å². The molecule has 0 saturated carbocycles. The number of fused-ring (bicyclic) bond motifs is 2. The van der Waals surface area contributed by atoms with Gasteiger partial charge in [0, 0.05) is 50.9 Å². The van der Waals surface area contributed by atoms with Crippen LogP contribution in [-0.2, 0) is 21.4 Å². The van der Waals surface area contributed by atoms with Gasteiger partial charge in [-0.05, 0) is 36.3 Å². The fourth-order valence-corrected chi connectivity index (χ4v) is 5.30. The van der Waals surface area contributed by atoms with E-state index in [2.05, 4.69) is 10.4 Å². The summed E-state index contributed by atoms with van der Waals surface area (Å²) in [5.41, 5.74) is 2.35. The number of benzene rings is 2. The molecule has 3 amide bonds. The Morgan fingerprint density at radius 3 is 2.74 bits per heavy atom. The van der Waals surface area contributed by atoms with Gasteiger partial charge in [-0.2, -0.15) is 5.10 Å². The summed E-state index contributed by atoms with van der Waals surface area (Å²) in [5.74, 6) is 1.04. The molecule has 4 heterocycles. The number of ether oxygens (including phenoxy) is 3. The third-order valence-corrected chi connectivity index (χ3v) is 7.29. The number of imide groups is 1. The van der Waals surface area contributed by atoms with Crippen LogP contribution >= 0.6 is 0 Å². The lowest BCUT2D eigenvalue weighted by atomic mass is 9.93. The number of likely N-dealkylation sites (tertiary alicyclic amines) is 1. The van der Waals surface area contributed by atoms with E-state index in [0.29, 0.717) is 61.7 Å². The molecule has 0 aliphatic carbocycles. The first-order chi connectivity index (χ1) is 18.5. The second-order valence-electron chi connectivity index (χ2n) is 9.75. The zero-order valence-electron chi connectivity index (χ0n) is 21.0. The molecule has 0 spiro atoms. The highest BCUT2D eigenvalue weighted by Crippen LogP contribution is 2.35. The van der Waals surface area contributed by atoms with E-state index in [1.807, 2.05) is 48.3 Å². The number of carbonyl (C=O) groups is 3. The van der Waals surface area contributed by atoms with Gasteiger partial charge in [-0.25, -0.2) is 0 Å². The van der Waals surface area contributed by atoms with Gasteiger partial charge in [0.1, 0.15) is 17.4 Å². The number of hydrogen-bond acceptors (Lipinski definition) is 7. The van der Waals surface area contributed by atoms with Gasteiger partial charge in [0.2, 0.25) is 24.5 Å². The Hall–Kier alpha value is -4.34. The molecule has 2 aromatic carbocycles. The first kappa shape index (κ1) is 24.0. The van der Waals surface area contributed by atoms with E-state index in [0.717, 1.165) is 16.5 Å². The molecule has 1 aromatic heterocycles. The van der Waals surface area contributed by atoms with Crippen LogP contribution in [0.15, 0.2) is 42.5 Å². The SMILES string of the molecule is Cn1nc(C2CCC(=O)NC2=O)c2cccc(OC3CCN(C(=O)C=Cc4ccc5c(c4)OCO5)CC3)c21. The number of aryl methyl sites for hydroxylation is 1. The van der Waals surface area contributed by atoms with Crippen molar-refractivity contribution in [2.75, 3.05) is 19.9 Å². The molecule has 3 aromatic rings. The third kappa shape index (κ3) is 4.57. The maximum atomic E-state index is 12.8. The predicted octanol–water partition coefficient (Wildman–Crippen LogP) is 2.91. The molecule has 3 aliphatic heterocycles. The van der Waals surface area contributed by atoms with Crippen molar-refractivity contribution < 1.29 is 28.6 Å². The summed E-state index contributed by atoms with van der Waals surface area (Å²) in [6, 6.07) is 11.3. The number of para-hydroxylation sites is 1. The van der Waals surface area contributed by atoms with Crippen LogP contribution < -0.4 is 19.5 Å². The van der Waals surface area contributed by atoms with Crippen LogP contribution in [-0.4, -0.2) is 58.4 Å². The average Bonchev–Trinajstić information content (AvgIpc) is 3.52. The van der Waals surface area contributed by atoms with Crippen molar-refractivity contribution in [3.05, 3.63) is 53.7 Å². The molecule has 10 heteroatoms. The van der Waals surface area contributed by atoms with E-state index < -0.39 is 5.92 Å². The third-order valence-electron chi connectivity index (χ3n) is 7.29. The fraction of sp³-hybridized carbons (Fsp3) is 0.357. The van der Waals surface area contributed by atoms with Gasteiger partial charge < -0.3 is 19.1 Å². The number of piperidine rings is 2. The largest absolute Gasteiger partial charge is 0.488 e. The monoisotopic (exact) mass is 516 g/mol. The molecule has 38 heavy (non-hydrogen) atoms. The van der Waals surface area contributed by atoms with Gasteiger partial charge in [0.15, 0.2) is 11.5 Å². The Morgan fingerprint density at radius 1 is 1.11 bits per heavy atom. The molecule has 10 nitrogen and oxygen atoms in total. The summed E-state index contributed by atoms with van der Waals surface area (Å²) in [7, 11) is 1.83. The van der Waals surface area contributed by atoms with E-state index in [1.54, 1.807) is 16.8 Å². The number of hydrogen-bond donors (Lipinski definition) is 1. The van der Waals surface area contributed by atoms with Crippen molar-refractivity contribution in [2.45, 2.75) is 37.7 Å². The number of nitrogens with zero attached hydrogens (tertiary/aromatic N) is 3. The Labute approximate surface area is 219 Å². The summed E-state index contributed by atoms with van der Waals surface area (Å²) in [6.45, 7) is 1.41. The molecule has 6 rings (SSSR count). The number of amides is 3. The normalized spacial score (nSPS) is 19.8. The van der Waals surface area contributed by atoms with Crippen molar-refractivity contribution in [2.24, 2.45) is 7.05 Å². The molecule has 1 unspecified atom stereocenters. The van der Waals surface area contributed by atoms with E-state index in [1.165, 1.54) is 0 Å². The van der Waals surface area contributed by atoms with E-state index >= 15 is 0 Å². The zero-order valence-corrected chi connectivity index (χ0v) is 21.0. The lowest BCUT2D eigenvalue weighted by molar-refractivity contribution is -0.134. The Kier molecular flexibility index (Phi) is 6.22. The van der Waals surface area contributed by atoms with Crippen LogP contribution in [0.4, 0.5) is 0 Å². The fourth-order valence-electron chi connectivity index (χ4n) is 5.30. The summed E-state index contributed by atoms with van der Waals surface area (Å²) in [5, 5.41) is 7.90. The lowest BCUT2D eigenvalue weighted by Gasteiger charge is -2.31. The molecule has 2 fully saturated rings. The molecule has 3 aliphatic rings. The van der Waals surface area contributed by atoms with Crippen molar-refractivity contribution in [3.63, 3.8) is 0 Å². The van der Waals surface area contributed by atoms with Gasteiger partial charge in [-0.3, -0.25) is 24.4 Å². The standard InChI is InChI=1S/C28H28N4O6/c1-31-27-19(26(30-31)20-7-9-24(33)29-28(20)35)3-2-4-22(27)38-18-11-13-32(14-12-18)25(34)10-6-17-5-8-21-23(15-17)37-16-36-21/h2-6,8,10,15,18,20H,7,9,11-14,16H2,1H3,(H,29,33,35). The summed E-state index contributed by atoms with van der Waals surface area (Å²) in [6.07, 6.45) is 5.49. The highest BCUT2D eigenvalue weighted by Gasteiger charge is 2.32. The maximum absolute atomic E-state index is 12.8. The first-order valence-corrected chi connectivity index (χ1v) is 12.8. The Bertz CT molecular complexity index is 1450. The molecule has 1 atom stereocenters. The van der Waals surface area contributed by atoms with Crippen molar-refractivity contribution in [1.29, 1.82) is 0 Å². The minimum absolute atomic E-state index is 0.0382. The molecule has 2 saturated heterocycles. The van der Waals surface area contributed by atoms with Crippen LogP contribution in [0.5, 0.6) is 17.2 Å². The van der Waals surface area contributed by atoms with Crippen LogP contribution in [0.2, 0.25) is 0 Å². The summed E-state index contributed by atoms with van der Waals surface area (Å²) >= 11 is 0. The molecule has 196 valence electrons. The topological polar surface area (TPSA) is 112 Å². The molecule has 0 bridgehead atoms. The summed E-state index contributed by atoms with van der Waals surface area (Å²) in [4.78, 5) is 38.6. The van der Waals surface area contributed by atoms with Gasteiger partial charge in [0.05, 0.1) is 11.6 Å². The number of rotatable bonds is 5. The Morgan fingerprint density at radius 2 is 1.92 bits per heavy atom. The first-order valence-electron chi connectivity index (χ1n) is 12.8. The maximum Gasteiger partial charge on any atom is 0.246 e. The molecular weight excluding hydrogens is 488 g/mol. The average molecular weight is 517 g/mol. The van der Waals surface area contributed by atoms with E-state index in [4.69, 9.17) is 14.2 Å². The van der Waals surface area contributed by atoms with E-state index in [-0.39, 0.29) is 30.6 Å². The van der Waals surface area contributed by atoms with Crippen molar-refractivity contribution in [1.82, 2.24) is 20.0 Å². The highest BCUT2D eigenvalue weighted by atomic mass is 16.7. The molecular formula is C28H28N4O6. The smallest absolute Gasteiger partial charge is 0.246 e. The quantitative estimate of drug-likeness (QED) is 0.410. The zero-order chi connectivity index (χ0) is 26.2. The lowest BCUT2D eigenvalue weighted by Crippen LogP contribution is -2.41. The van der Waals surface area contributed by atoms with Crippen LogP contribution in [0.3, 0.4) is 0 Å².